The first kappa shape index (κ1) is 11.8. The highest BCUT2D eigenvalue weighted by atomic mass is 16.3. The lowest BCUT2D eigenvalue weighted by molar-refractivity contribution is 0.474. The average Bonchev–Trinajstić information content (AvgIpc) is 2.48. The van der Waals surface area contributed by atoms with Crippen LogP contribution >= 0.6 is 0 Å². The Labute approximate surface area is 113 Å². The summed E-state index contributed by atoms with van der Waals surface area (Å²) in [6.45, 7) is 0. The van der Waals surface area contributed by atoms with Crippen LogP contribution in [0, 0.1) is 0 Å². The van der Waals surface area contributed by atoms with Gasteiger partial charge >= 0.3 is 0 Å². The third kappa shape index (κ3) is 2.45. The van der Waals surface area contributed by atoms with Gasteiger partial charge in [-0.15, -0.1) is 0 Å². The molecule has 19 heavy (non-hydrogen) atoms. The molecule has 3 rings (SSSR count). The summed E-state index contributed by atoms with van der Waals surface area (Å²) in [6, 6.07) is 22.4. The van der Waals surface area contributed by atoms with E-state index < -0.39 is 0 Å². The molecule has 0 saturated carbocycles. The third-order valence-corrected chi connectivity index (χ3v) is 3.51. The number of rotatable bonds is 3. The molecular formula is C18H16O. The molecule has 94 valence electrons. The van der Waals surface area contributed by atoms with E-state index in [9.17, 15) is 5.11 Å². The lowest BCUT2D eigenvalue weighted by Crippen LogP contribution is -1.92. The number of phenols is 1. The van der Waals surface area contributed by atoms with Crippen LogP contribution in [0.4, 0.5) is 0 Å². The molecule has 0 aromatic heterocycles. The van der Waals surface area contributed by atoms with E-state index in [4.69, 9.17) is 0 Å². The standard InChI is InChI=1S/C18H16O/c19-18-16(11-10-14-6-2-1-3-7-14)13-12-15-8-4-5-9-17(15)18/h1-9,12-13,19H,10-11H2. The maximum Gasteiger partial charge on any atom is 0.126 e. The fraction of sp³-hybridized carbons (Fsp3) is 0.111. The summed E-state index contributed by atoms with van der Waals surface area (Å²) in [5.74, 6) is 0.425. The number of benzene rings is 3. The summed E-state index contributed by atoms with van der Waals surface area (Å²) < 4.78 is 0. The van der Waals surface area contributed by atoms with Crippen molar-refractivity contribution in [2.24, 2.45) is 0 Å². The van der Waals surface area contributed by atoms with E-state index in [2.05, 4.69) is 30.3 Å². The molecule has 0 fully saturated rings. The molecule has 0 saturated heterocycles. The Morgan fingerprint density at radius 3 is 2.26 bits per heavy atom. The van der Waals surface area contributed by atoms with Gasteiger partial charge in [0.25, 0.3) is 0 Å². The molecule has 0 heterocycles. The molecule has 0 aliphatic carbocycles. The number of phenolic OH excluding ortho intramolecular Hbond substituents is 1. The number of fused-ring (bicyclic) bond motifs is 1. The van der Waals surface area contributed by atoms with Crippen LogP contribution in [0.2, 0.25) is 0 Å². The quantitative estimate of drug-likeness (QED) is 0.731. The average molecular weight is 248 g/mol. The van der Waals surface area contributed by atoms with E-state index in [-0.39, 0.29) is 0 Å². The predicted molar refractivity (Wildman–Crippen MR) is 79.5 cm³/mol. The van der Waals surface area contributed by atoms with Crippen molar-refractivity contribution in [1.29, 1.82) is 0 Å². The third-order valence-electron chi connectivity index (χ3n) is 3.51. The number of aryl methyl sites for hydroxylation is 2. The SMILES string of the molecule is Oc1c(CCc2ccccc2)ccc2ccccc12. The molecule has 0 unspecified atom stereocenters. The fourth-order valence-electron chi connectivity index (χ4n) is 2.43. The molecule has 1 nitrogen and oxygen atoms in total. The van der Waals surface area contributed by atoms with Gasteiger partial charge in [-0.25, -0.2) is 0 Å². The van der Waals surface area contributed by atoms with Crippen LogP contribution in [-0.4, -0.2) is 5.11 Å². The molecule has 1 heteroatoms. The van der Waals surface area contributed by atoms with Gasteiger partial charge in [-0.2, -0.15) is 0 Å². The van der Waals surface area contributed by atoms with Crippen LogP contribution in [0.1, 0.15) is 11.1 Å². The summed E-state index contributed by atoms with van der Waals surface area (Å²) >= 11 is 0. The van der Waals surface area contributed by atoms with E-state index in [1.165, 1.54) is 5.56 Å². The Morgan fingerprint density at radius 2 is 1.42 bits per heavy atom. The minimum Gasteiger partial charge on any atom is -0.507 e. The van der Waals surface area contributed by atoms with Gasteiger partial charge in [0, 0.05) is 5.39 Å². The number of hydrogen-bond donors (Lipinski definition) is 1. The first-order valence-electron chi connectivity index (χ1n) is 6.58. The van der Waals surface area contributed by atoms with Crippen LogP contribution in [0.25, 0.3) is 10.8 Å². The molecule has 3 aromatic carbocycles. The number of aromatic hydroxyl groups is 1. The monoisotopic (exact) mass is 248 g/mol. The molecular weight excluding hydrogens is 232 g/mol. The van der Waals surface area contributed by atoms with Gasteiger partial charge in [-0.3, -0.25) is 0 Å². The van der Waals surface area contributed by atoms with Crippen molar-refractivity contribution >= 4 is 10.8 Å². The van der Waals surface area contributed by atoms with Gasteiger partial charge in [0.15, 0.2) is 0 Å². The van der Waals surface area contributed by atoms with E-state index in [1.54, 1.807) is 0 Å². The molecule has 0 aliphatic rings. The minimum atomic E-state index is 0.425. The van der Waals surface area contributed by atoms with Crippen molar-refractivity contribution in [3.05, 3.63) is 77.9 Å². The summed E-state index contributed by atoms with van der Waals surface area (Å²) in [5, 5.41) is 12.4. The highest BCUT2D eigenvalue weighted by molar-refractivity contribution is 5.89. The second-order valence-corrected chi connectivity index (χ2v) is 4.78. The largest absolute Gasteiger partial charge is 0.507 e. The molecule has 0 amide bonds. The lowest BCUT2D eigenvalue weighted by Gasteiger charge is -2.08. The highest BCUT2D eigenvalue weighted by Crippen LogP contribution is 2.29. The van der Waals surface area contributed by atoms with Crippen molar-refractivity contribution in [1.82, 2.24) is 0 Å². The van der Waals surface area contributed by atoms with Gasteiger partial charge in [-0.1, -0.05) is 66.7 Å². The maximum absolute atomic E-state index is 10.3. The summed E-state index contributed by atoms with van der Waals surface area (Å²) in [7, 11) is 0. The first-order chi connectivity index (χ1) is 9.34. The zero-order chi connectivity index (χ0) is 13.1. The minimum absolute atomic E-state index is 0.425. The second kappa shape index (κ2) is 5.15. The van der Waals surface area contributed by atoms with Crippen LogP contribution < -0.4 is 0 Å². The molecule has 0 aliphatic heterocycles. The fourth-order valence-corrected chi connectivity index (χ4v) is 2.43. The zero-order valence-corrected chi connectivity index (χ0v) is 10.7. The van der Waals surface area contributed by atoms with Gasteiger partial charge < -0.3 is 5.11 Å². The van der Waals surface area contributed by atoms with Crippen molar-refractivity contribution in [2.75, 3.05) is 0 Å². The van der Waals surface area contributed by atoms with Gasteiger partial charge in [-0.05, 0) is 29.4 Å². The van der Waals surface area contributed by atoms with E-state index in [0.717, 1.165) is 29.2 Å². The van der Waals surface area contributed by atoms with Crippen molar-refractivity contribution in [2.45, 2.75) is 12.8 Å². The molecule has 0 bridgehead atoms. The second-order valence-electron chi connectivity index (χ2n) is 4.78. The number of hydrogen-bond acceptors (Lipinski definition) is 1. The van der Waals surface area contributed by atoms with Gasteiger partial charge in [0.1, 0.15) is 5.75 Å². The molecule has 0 radical (unpaired) electrons. The van der Waals surface area contributed by atoms with E-state index in [1.807, 2.05) is 36.4 Å². The molecule has 0 atom stereocenters. The lowest BCUT2D eigenvalue weighted by atomic mass is 10.00. The Hall–Kier alpha value is -2.28. The zero-order valence-electron chi connectivity index (χ0n) is 10.7. The Bertz CT molecular complexity index is 686. The summed E-state index contributed by atoms with van der Waals surface area (Å²) in [5.41, 5.74) is 2.32. The van der Waals surface area contributed by atoms with Gasteiger partial charge in [0.05, 0.1) is 0 Å². The Morgan fingerprint density at radius 1 is 0.684 bits per heavy atom. The van der Waals surface area contributed by atoms with E-state index in [0.29, 0.717) is 5.75 Å². The molecule has 3 aromatic rings. The molecule has 1 N–H and O–H groups in total. The maximum atomic E-state index is 10.3. The highest BCUT2D eigenvalue weighted by Gasteiger charge is 2.05. The smallest absolute Gasteiger partial charge is 0.126 e. The van der Waals surface area contributed by atoms with Gasteiger partial charge in [0.2, 0.25) is 0 Å². The normalized spacial score (nSPS) is 10.7. The predicted octanol–water partition coefficient (Wildman–Crippen LogP) is 4.33. The van der Waals surface area contributed by atoms with Crippen molar-refractivity contribution in [3.8, 4) is 5.75 Å². The van der Waals surface area contributed by atoms with Crippen molar-refractivity contribution < 1.29 is 5.11 Å². The Kier molecular flexibility index (Phi) is 3.20. The Balaban J connectivity index is 1.87. The first-order valence-corrected chi connectivity index (χ1v) is 6.58. The van der Waals surface area contributed by atoms with Crippen LogP contribution in [0.15, 0.2) is 66.7 Å². The summed E-state index contributed by atoms with van der Waals surface area (Å²) in [6.07, 6.45) is 1.81. The van der Waals surface area contributed by atoms with Crippen LogP contribution in [0.5, 0.6) is 5.75 Å². The molecule has 0 spiro atoms. The van der Waals surface area contributed by atoms with E-state index >= 15 is 0 Å². The van der Waals surface area contributed by atoms with Crippen LogP contribution in [-0.2, 0) is 12.8 Å². The summed E-state index contributed by atoms with van der Waals surface area (Å²) in [4.78, 5) is 0. The topological polar surface area (TPSA) is 20.2 Å². The van der Waals surface area contributed by atoms with Crippen LogP contribution in [0.3, 0.4) is 0 Å². The van der Waals surface area contributed by atoms with Crippen molar-refractivity contribution in [3.63, 3.8) is 0 Å².